The normalized spacial score (nSPS) is 18.2. The molecule has 1 aliphatic carbocycles. The molecule has 12 heavy (non-hydrogen) atoms. The van der Waals surface area contributed by atoms with Crippen molar-refractivity contribution in [3.8, 4) is 0 Å². The van der Waals surface area contributed by atoms with Crippen molar-refractivity contribution in [2.75, 3.05) is 0 Å². The first-order chi connectivity index (χ1) is 5.77. The molecule has 1 aromatic rings. The molecule has 1 fully saturated rings. The predicted molar refractivity (Wildman–Crippen MR) is 47.2 cm³/mol. The van der Waals surface area contributed by atoms with Crippen LogP contribution in [-0.4, -0.2) is 11.9 Å². The standard InChI is InChI=1S/C9H12N2O/c1-6-8(4-5-12-6)9(10)11-7-2-3-7/h4-5,7H,2-3H2,1H3,(H2,10,11). The van der Waals surface area contributed by atoms with E-state index in [4.69, 9.17) is 10.2 Å². The third-order valence-corrected chi connectivity index (χ3v) is 2.00. The molecule has 0 radical (unpaired) electrons. The number of hydrogen-bond acceptors (Lipinski definition) is 2. The van der Waals surface area contributed by atoms with E-state index in [0.717, 1.165) is 11.3 Å². The number of aryl methyl sites for hydroxylation is 1. The van der Waals surface area contributed by atoms with Crippen molar-refractivity contribution < 1.29 is 4.42 Å². The average molecular weight is 164 g/mol. The van der Waals surface area contributed by atoms with Gasteiger partial charge in [0.25, 0.3) is 0 Å². The van der Waals surface area contributed by atoms with E-state index < -0.39 is 0 Å². The van der Waals surface area contributed by atoms with Gasteiger partial charge in [-0.2, -0.15) is 0 Å². The Labute approximate surface area is 71.3 Å². The largest absolute Gasteiger partial charge is 0.469 e. The Hall–Kier alpha value is -1.25. The van der Waals surface area contributed by atoms with Crippen LogP contribution in [0.15, 0.2) is 21.7 Å². The minimum Gasteiger partial charge on any atom is -0.469 e. The Bertz CT molecular complexity index is 310. The van der Waals surface area contributed by atoms with E-state index in [0.29, 0.717) is 11.9 Å². The number of furan rings is 1. The van der Waals surface area contributed by atoms with Gasteiger partial charge >= 0.3 is 0 Å². The summed E-state index contributed by atoms with van der Waals surface area (Å²) in [6, 6.07) is 2.33. The average Bonchev–Trinajstić information content (AvgIpc) is 2.72. The lowest BCUT2D eigenvalue weighted by atomic mass is 10.2. The molecule has 1 saturated carbocycles. The maximum Gasteiger partial charge on any atom is 0.129 e. The van der Waals surface area contributed by atoms with Crippen LogP contribution in [-0.2, 0) is 0 Å². The van der Waals surface area contributed by atoms with Gasteiger partial charge in [0, 0.05) is 0 Å². The fourth-order valence-electron chi connectivity index (χ4n) is 1.12. The topological polar surface area (TPSA) is 51.5 Å². The Balaban J connectivity index is 2.23. The zero-order valence-electron chi connectivity index (χ0n) is 7.08. The van der Waals surface area contributed by atoms with Gasteiger partial charge in [0.05, 0.1) is 17.9 Å². The van der Waals surface area contributed by atoms with Crippen LogP contribution >= 0.6 is 0 Å². The van der Waals surface area contributed by atoms with Crippen LogP contribution in [0.4, 0.5) is 0 Å². The van der Waals surface area contributed by atoms with Crippen molar-refractivity contribution in [2.45, 2.75) is 25.8 Å². The molecule has 3 heteroatoms. The summed E-state index contributed by atoms with van der Waals surface area (Å²) >= 11 is 0. The molecule has 1 aliphatic rings. The van der Waals surface area contributed by atoms with Crippen molar-refractivity contribution in [2.24, 2.45) is 10.7 Å². The van der Waals surface area contributed by atoms with Crippen molar-refractivity contribution in [1.82, 2.24) is 0 Å². The van der Waals surface area contributed by atoms with E-state index in [2.05, 4.69) is 4.99 Å². The highest BCUT2D eigenvalue weighted by atomic mass is 16.3. The molecule has 0 unspecified atom stereocenters. The van der Waals surface area contributed by atoms with E-state index >= 15 is 0 Å². The number of nitrogens with two attached hydrogens (primary N) is 1. The van der Waals surface area contributed by atoms with E-state index in [1.54, 1.807) is 6.26 Å². The van der Waals surface area contributed by atoms with Gasteiger partial charge in [-0.15, -0.1) is 0 Å². The minimum atomic E-state index is 0.472. The van der Waals surface area contributed by atoms with E-state index in [1.807, 2.05) is 13.0 Å². The summed E-state index contributed by atoms with van der Waals surface area (Å²) in [4.78, 5) is 4.33. The highest BCUT2D eigenvalue weighted by Gasteiger charge is 2.21. The zero-order valence-corrected chi connectivity index (χ0v) is 7.08. The first-order valence-corrected chi connectivity index (χ1v) is 4.15. The number of nitrogens with zero attached hydrogens (tertiary/aromatic N) is 1. The van der Waals surface area contributed by atoms with E-state index in [9.17, 15) is 0 Å². The lowest BCUT2D eigenvalue weighted by Gasteiger charge is -1.96. The third-order valence-electron chi connectivity index (χ3n) is 2.00. The van der Waals surface area contributed by atoms with Crippen LogP contribution < -0.4 is 5.73 Å². The van der Waals surface area contributed by atoms with Crippen LogP contribution in [0.3, 0.4) is 0 Å². The first kappa shape index (κ1) is 7.40. The molecule has 1 heterocycles. The van der Waals surface area contributed by atoms with Gasteiger partial charge < -0.3 is 10.2 Å². The molecule has 2 N–H and O–H groups in total. The van der Waals surface area contributed by atoms with Crippen molar-refractivity contribution in [3.63, 3.8) is 0 Å². The monoisotopic (exact) mass is 164 g/mol. The Morgan fingerprint density at radius 3 is 2.92 bits per heavy atom. The Kier molecular flexibility index (Phi) is 1.64. The van der Waals surface area contributed by atoms with Crippen LogP contribution in [0.25, 0.3) is 0 Å². The molecule has 3 nitrogen and oxygen atoms in total. The minimum absolute atomic E-state index is 0.472. The summed E-state index contributed by atoms with van der Waals surface area (Å²) < 4.78 is 5.13. The second-order valence-corrected chi connectivity index (χ2v) is 3.14. The van der Waals surface area contributed by atoms with Crippen LogP contribution in [0.2, 0.25) is 0 Å². The van der Waals surface area contributed by atoms with Gasteiger partial charge in [-0.1, -0.05) is 0 Å². The van der Waals surface area contributed by atoms with Gasteiger partial charge in [-0.25, -0.2) is 0 Å². The quantitative estimate of drug-likeness (QED) is 0.531. The molecule has 0 spiro atoms. The number of aliphatic imine (C=N–C) groups is 1. The van der Waals surface area contributed by atoms with E-state index in [-0.39, 0.29) is 0 Å². The lowest BCUT2D eigenvalue weighted by Crippen LogP contribution is -2.14. The van der Waals surface area contributed by atoms with Gasteiger partial charge in [0.1, 0.15) is 11.6 Å². The highest BCUT2D eigenvalue weighted by Crippen LogP contribution is 2.24. The smallest absolute Gasteiger partial charge is 0.129 e. The lowest BCUT2D eigenvalue weighted by molar-refractivity contribution is 0.533. The van der Waals surface area contributed by atoms with Gasteiger partial charge in [-0.3, -0.25) is 4.99 Å². The van der Waals surface area contributed by atoms with Crippen molar-refractivity contribution in [3.05, 3.63) is 23.7 Å². The predicted octanol–water partition coefficient (Wildman–Crippen LogP) is 1.46. The zero-order chi connectivity index (χ0) is 8.55. The molecule has 2 rings (SSSR count). The van der Waals surface area contributed by atoms with Crippen LogP contribution in [0.1, 0.15) is 24.2 Å². The molecule has 0 aromatic carbocycles. The van der Waals surface area contributed by atoms with Crippen molar-refractivity contribution >= 4 is 5.84 Å². The molecule has 64 valence electrons. The molecular weight excluding hydrogens is 152 g/mol. The summed E-state index contributed by atoms with van der Waals surface area (Å²) in [7, 11) is 0. The fourth-order valence-corrected chi connectivity index (χ4v) is 1.12. The van der Waals surface area contributed by atoms with Gasteiger partial charge in [0.15, 0.2) is 0 Å². The van der Waals surface area contributed by atoms with Crippen LogP contribution in [0.5, 0.6) is 0 Å². The number of amidine groups is 1. The second-order valence-electron chi connectivity index (χ2n) is 3.14. The summed E-state index contributed by atoms with van der Waals surface area (Å²) in [6.07, 6.45) is 4.00. The van der Waals surface area contributed by atoms with E-state index in [1.165, 1.54) is 12.8 Å². The molecule has 0 bridgehead atoms. The molecule has 0 saturated heterocycles. The van der Waals surface area contributed by atoms with Gasteiger partial charge in [-0.05, 0) is 25.8 Å². The number of rotatable bonds is 2. The first-order valence-electron chi connectivity index (χ1n) is 4.15. The van der Waals surface area contributed by atoms with Crippen molar-refractivity contribution in [1.29, 1.82) is 0 Å². The Morgan fingerprint density at radius 2 is 2.42 bits per heavy atom. The van der Waals surface area contributed by atoms with Gasteiger partial charge in [0.2, 0.25) is 0 Å². The summed E-state index contributed by atoms with van der Waals surface area (Å²) in [5.41, 5.74) is 6.70. The maximum absolute atomic E-state index is 5.77. The maximum atomic E-state index is 5.77. The SMILES string of the molecule is Cc1occc1C(N)=NC1CC1. The van der Waals surface area contributed by atoms with Crippen LogP contribution in [0, 0.1) is 6.92 Å². The fraction of sp³-hybridized carbons (Fsp3) is 0.444. The summed E-state index contributed by atoms with van der Waals surface area (Å²) in [5.74, 6) is 1.46. The highest BCUT2D eigenvalue weighted by molar-refractivity contribution is 5.98. The molecule has 0 amide bonds. The molecule has 0 atom stereocenters. The second kappa shape index (κ2) is 2.66. The molecular formula is C9H12N2O. The molecule has 0 aliphatic heterocycles. The summed E-state index contributed by atoms with van der Waals surface area (Å²) in [5, 5.41) is 0. The molecule has 1 aromatic heterocycles. The summed E-state index contributed by atoms with van der Waals surface area (Å²) in [6.45, 7) is 1.89. The Morgan fingerprint density at radius 1 is 1.67 bits per heavy atom. The number of hydrogen-bond donors (Lipinski definition) is 1. The third kappa shape index (κ3) is 1.35.